The van der Waals surface area contributed by atoms with Crippen LogP contribution in [0.2, 0.25) is 0 Å². The Balaban J connectivity index is 2.37. The summed E-state index contributed by atoms with van der Waals surface area (Å²) in [6, 6.07) is 11.1. The molecule has 1 atom stereocenters. The van der Waals surface area contributed by atoms with Crippen LogP contribution < -0.4 is 5.32 Å². The standard InChI is InChI=1S/C14H19N/c1-3-5-11-15-14(4-2)12-13-9-7-6-8-10-13/h1,6-10,14-15H,4-5,11-12H2,2H3. The Kier molecular flexibility index (Phi) is 5.58. The zero-order valence-corrected chi connectivity index (χ0v) is 9.37. The molecule has 0 amide bonds. The van der Waals surface area contributed by atoms with E-state index < -0.39 is 0 Å². The van der Waals surface area contributed by atoms with Gasteiger partial charge in [-0.25, -0.2) is 0 Å². The molecule has 1 rings (SSSR count). The van der Waals surface area contributed by atoms with Crippen LogP contribution in [0.15, 0.2) is 30.3 Å². The van der Waals surface area contributed by atoms with Crippen molar-refractivity contribution in [2.45, 2.75) is 32.2 Å². The van der Waals surface area contributed by atoms with Crippen molar-refractivity contribution in [3.8, 4) is 12.3 Å². The van der Waals surface area contributed by atoms with Crippen molar-refractivity contribution in [1.29, 1.82) is 0 Å². The van der Waals surface area contributed by atoms with Crippen LogP contribution in [-0.2, 0) is 6.42 Å². The number of rotatable bonds is 6. The van der Waals surface area contributed by atoms with E-state index in [1.54, 1.807) is 0 Å². The third-order valence-electron chi connectivity index (χ3n) is 2.52. The second-order valence-electron chi connectivity index (χ2n) is 3.70. The Morgan fingerprint density at radius 1 is 1.33 bits per heavy atom. The summed E-state index contributed by atoms with van der Waals surface area (Å²) < 4.78 is 0. The van der Waals surface area contributed by atoms with Gasteiger partial charge in [-0.3, -0.25) is 0 Å². The van der Waals surface area contributed by atoms with E-state index in [-0.39, 0.29) is 0 Å². The summed E-state index contributed by atoms with van der Waals surface area (Å²) in [5.41, 5.74) is 1.39. The van der Waals surface area contributed by atoms with Gasteiger partial charge >= 0.3 is 0 Å². The lowest BCUT2D eigenvalue weighted by molar-refractivity contribution is 0.502. The molecular weight excluding hydrogens is 182 g/mol. The lowest BCUT2D eigenvalue weighted by Crippen LogP contribution is -2.31. The van der Waals surface area contributed by atoms with Crippen LogP contribution >= 0.6 is 0 Å². The van der Waals surface area contributed by atoms with Gasteiger partial charge in [0.2, 0.25) is 0 Å². The van der Waals surface area contributed by atoms with E-state index in [0.717, 1.165) is 25.8 Å². The zero-order chi connectivity index (χ0) is 10.9. The molecule has 1 nitrogen and oxygen atoms in total. The van der Waals surface area contributed by atoms with Crippen LogP contribution in [-0.4, -0.2) is 12.6 Å². The average molecular weight is 201 g/mol. The van der Waals surface area contributed by atoms with Gasteiger partial charge in [0.15, 0.2) is 0 Å². The first-order chi connectivity index (χ1) is 7.36. The summed E-state index contributed by atoms with van der Waals surface area (Å²) in [4.78, 5) is 0. The van der Waals surface area contributed by atoms with Crippen LogP contribution in [0, 0.1) is 12.3 Å². The van der Waals surface area contributed by atoms with Gasteiger partial charge in [0.1, 0.15) is 0 Å². The Morgan fingerprint density at radius 3 is 2.67 bits per heavy atom. The van der Waals surface area contributed by atoms with Crippen molar-refractivity contribution in [3.63, 3.8) is 0 Å². The number of hydrogen-bond donors (Lipinski definition) is 1. The van der Waals surface area contributed by atoms with Gasteiger partial charge < -0.3 is 5.32 Å². The normalized spacial score (nSPS) is 12.0. The molecular formula is C14H19N. The van der Waals surface area contributed by atoms with Crippen LogP contribution in [0.1, 0.15) is 25.3 Å². The van der Waals surface area contributed by atoms with Crippen molar-refractivity contribution in [2.24, 2.45) is 0 Å². The highest BCUT2D eigenvalue weighted by Crippen LogP contribution is 2.05. The Hall–Kier alpha value is -1.26. The maximum absolute atomic E-state index is 5.22. The van der Waals surface area contributed by atoms with Crippen molar-refractivity contribution in [3.05, 3.63) is 35.9 Å². The van der Waals surface area contributed by atoms with E-state index in [1.165, 1.54) is 5.56 Å². The lowest BCUT2D eigenvalue weighted by atomic mass is 10.0. The fraction of sp³-hybridized carbons (Fsp3) is 0.429. The number of benzene rings is 1. The van der Waals surface area contributed by atoms with Crippen LogP contribution in [0.3, 0.4) is 0 Å². The molecule has 0 aliphatic heterocycles. The van der Waals surface area contributed by atoms with Crippen molar-refractivity contribution in [2.75, 3.05) is 6.54 Å². The molecule has 0 radical (unpaired) electrons. The van der Waals surface area contributed by atoms with Gasteiger partial charge in [-0.2, -0.15) is 0 Å². The van der Waals surface area contributed by atoms with Gasteiger partial charge in [-0.15, -0.1) is 12.3 Å². The summed E-state index contributed by atoms with van der Waals surface area (Å²) in [5, 5.41) is 3.48. The van der Waals surface area contributed by atoms with Crippen molar-refractivity contribution < 1.29 is 0 Å². The SMILES string of the molecule is C#CCCNC(CC)Cc1ccccc1. The molecule has 1 aromatic carbocycles. The fourth-order valence-corrected chi connectivity index (χ4v) is 1.61. The third-order valence-corrected chi connectivity index (χ3v) is 2.52. The summed E-state index contributed by atoms with van der Waals surface area (Å²) >= 11 is 0. The molecule has 1 heteroatoms. The second-order valence-corrected chi connectivity index (χ2v) is 3.70. The van der Waals surface area contributed by atoms with Gasteiger partial charge in [0.25, 0.3) is 0 Å². The highest BCUT2D eigenvalue weighted by molar-refractivity contribution is 5.15. The molecule has 15 heavy (non-hydrogen) atoms. The molecule has 0 saturated carbocycles. The fourth-order valence-electron chi connectivity index (χ4n) is 1.61. The molecule has 0 saturated heterocycles. The zero-order valence-electron chi connectivity index (χ0n) is 9.37. The third kappa shape index (κ3) is 4.67. The molecule has 0 bridgehead atoms. The molecule has 80 valence electrons. The molecule has 1 N–H and O–H groups in total. The first kappa shape index (κ1) is 11.8. The van der Waals surface area contributed by atoms with Crippen LogP contribution in [0.25, 0.3) is 0 Å². The maximum Gasteiger partial charge on any atom is 0.0212 e. The predicted molar refractivity (Wildman–Crippen MR) is 65.7 cm³/mol. The molecule has 1 aromatic rings. The first-order valence-electron chi connectivity index (χ1n) is 5.57. The highest BCUT2D eigenvalue weighted by Gasteiger charge is 2.05. The minimum absolute atomic E-state index is 0.542. The number of terminal acetylenes is 1. The largest absolute Gasteiger partial charge is 0.313 e. The topological polar surface area (TPSA) is 12.0 Å². The molecule has 1 unspecified atom stereocenters. The Labute approximate surface area is 92.9 Å². The molecule has 0 aliphatic rings. The Bertz CT molecular complexity index is 297. The number of nitrogens with one attached hydrogen (secondary N) is 1. The van der Waals surface area contributed by atoms with Crippen LogP contribution in [0.5, 0.6) is 0 Å². The monoisotopic (exact) mass is 201 g/mol. The van der Waals surface area contributed by atoms with Crippen LogP contribution in [0.4, 0.5) is 0 Å². The Morgan fingerprint density at radius 2 is 2.07 bits per heavy atom. The smallest absolute Gasteiger partial charge is 0.0212 e. The minimum Gasteiger partial charge on any atom is -0.313 e. The maximum atomic E-state index is 5.22. The number of hydrogen-bond acceptors (Lipinski definition) is 1. The van der Waals surface area contributed by atoms with E-state index in [4.69, 9.17) is 6.42 Å². The van der Waals surface area contributed by atoms with Gasteiger partial charge in [0.05, 0.1) is 0 Å². The predicted octanol–water partition coefficient (Wildman–Crippen LogP) is 2.62. The van der Waals surface area contributed by atoms with E-state index in [0.29, 0.717) is 6.04 Å². The average Bonchev–Trinajstić information content (AvgIpc) is 2.29. The molecule has 0 aliphatic carbocycles. The first-order valence-corrected chi connectivity index (χ1v) is 5.57. The van der Waals surface area contributed by atoms with E-state index in [9.17, 15) is 0 Å². The molecule has 0 heterocycles. The summed E-state index contributed by atoms with van der Waals surface area (Å²) in [5.74, 6) is 2.65. The molecule has 0 spiro atoms. The van der Waals surface area contributed by atoms with Gasteiger partial charge in [0, 0.05) is 19.0 Å². The van der Waals surface area contributed by atoms with Crippen molar-refractivity contribution in [1.82, 2.24) is 5.32 Å². The van der Waals surface area contributed by atoms with Crippen molar-refractivity contribution >= 4 is 0 Å². The molecule has 0 aromatic heterocycles. The van der Waals surface area contributed by atoms with E-state index >= 15 is 0 Å². The van der Waals surface area contributed by atoms with Gasteiger partial charge in [-0.1, -0.05) is 37.3 Å². The summed E-state index contributed by atoms with van der Waals surface area (Å²) in [7, 11) is 0. The van der Waals surface area contributed by atoms with E-state index in [2.05, 4.69) is 48.5 Å². The lowest BCUT2D eigenvalue weighted by Gasteiger charge is -2.16. The summed E-state index contributed by atoms with van der Waals surface area (Å²) in [6.45, 7) is 3.12. The highest BCUT2D eigenvalue weighted by atomic mass is 14.9. The van der Waals surface area contributed by atoms with Gasteiger partial charge in [-0.05, 0) is 18.4 Å². The summed E-state index contributed by atoms with van der Waals surface area (Å²) in [6.07, 6.45) is 8.25. The second kappa shape index (κ2) is 7.09. The quantitative estimate of drug-likeness (QED) is 0.551. The van der Waals surface area contributed by atoms with E-state index in [1.807, 2.05) is 0 Å². The minimum atomic E-state index is 0.542. The molecule has 0 fully saturated rings.